The Hall–Kier alpha value is -2.56. The molecule has 2 aromatic rings. The Morgan fingerprint density at radius 2 is 1.96 bits per heavy atom. The van der Waals surface area contributed by atoms with E-state index in [1.165, 1.54) is 5.56 Å². The van der Waals surface area contributed by atoms with Gasteiger partial charge in [0.1, 0.15) is 5.76 Å². The normalized spacial score (nSPS) is 23.5. The number of benzene rings is 1. The summed E-state index contributed by atoms with van der Waals surface area (Å²) in [5.41, 5.74) is 1.19. The van der Waals surface area contributed by atoms with Crippen LogP contribution in [-0.4, -0.2) is 34.7 Å². The zero-order valence-corrected chi connectivity index (χ0v) is 14.8. The summed E-state index contributed by atoms with van der Waals surface area (Å²) < 4.78 is 5.34. The molecule has 0 aliphatic carbocycles. The SMILES string of the molecule is O=C1C[C@@H](C(=O)N2CCCC[C@@H]2c2ccccc2)CN1Cc1ccco1. The number of amides is 2. The van der Waals surface area contributed by atoms with E-state index in [1.807, 2.05) is 35.2 Å². The lowest BCUT2D eigenvalue weighted by molar-refractivity contribution is -0.139. The molecule has 2 fully saturated rings. The molecule has 0 N–H and O–H groups in total. The van der Waals surface area contributed by atoms with Crippen LogP contribution >= 0.6 is 0 Å². The van der Waals surface area contributed by atoms with Crippen molar-refractivity contribution in [2.24, 2.45) is 5.92 Å². The van der Waals surface area contributed by atoms with Gasteiger partial charge in [0.25, 0.3) is 0 Å². The van der Waals surface area contributed by atoms with Crippen LogP contribution < -0.4 is 0 Å². The zero-order chi connectivity index (χ0) is 17.9. The Morgan fingerprint density at radius 3 is 2.73 bits per heavy atom. The minimum Gasteiger partial charge on any atom is -0.467 e. The van der Waals surface area contributed by atoms with Crippen molar-refractivity contribution in [1.82, 2.24) is 9.80 Å². The summed E-state index contributed by atoms with van der Waals surface area (Å²) in [6.45, 7) is 1.70. The van der Waals surface area contributed by atoms with Crippen LogP contribution in [0.3, 0.4) is 0 Å². The van der Waals surface area contributed by atoms with Crippen molar-refractivity contribution in [3.8, 4) is 0 Å². The summed E-state index contributed by atoms with van der Waals surface area (Å²) in [6, 6.07) is 14.0. The number of carbonyl (C=O) groups is 2. The van der Waals surface area contributed by atoms with Gasteiger partial charge in [0.2, 0.25) is 11.8 Å². The highest BCUT2D eigenvalue weighted by Crippen LogP contribution is 2.33. The zero-order valence-electron chi connectivity index (χ0n) is 14.8. The van der Waals surface area contributed by atoms with Crippen LogP contribution in [0.15, 0.2) is 53.1 Å². The highest BCUT2D eigenvalue weighted by atomic mass is 16.3. The largest absolute Gasteiger partial charge is 0.467 e. The molecule has 2 saturated heterocycles. The molecule has 1 aromatic carbocycles. The molecule has 2 atom stereocenters. The van der Waals surface area contributed by atoms with E-state index in [4.69, 9.17) is 4.42 Å². The first kappa shape index (κ1) is 16.9. The number of hydrogen-bond donors (Lipinski definition) is 0. The number of likely N-dealkylation sites (tertiary alicyclic amines) is 2. The average molecular weight is 352 g/mol. The standard InChI is InChI=1S/C21H24N2O3/c24-20-13-17(14-22(20)15-18-9-6-12-26-18)21(25)23-11-5-4-10-19(23)16-7-2-1-3-8-16/h1-3,6-9,12,17,19H,4-5,10-11,13-15H2/t17-,19-/m1/s1. The summed E-state index contributed by atoms with van der Waals surface area (Å²) in [4.78, 5) is 29.3. The molecule has 5 nitrogen and oxygen atoms in total. The third-order valence-corrected chi connectivity index (χ3v) is 5.46. The number of hydrogen-bond acceptors (Lipinski definition) is 3. The van der Waals surface area contributed by atoms with E-state index in [0.717, 1.165) is 31.6 Å². The van der Waals surface area contributed by atoms with E-state index < -0.39 is 0 Å². The van der Waals surface area contributed by atoms with Gasteiger partial charge in [0, 0.05) is 19.5 Å². The maximum absolute atomic E-state index is 13.2. The molecule has 5 heteroatoms. The summed E-state index contributed by atoms with van der Waals surface area (Å²) in [6.07, 6.45) is 5.07. The number of rotatable bonds is 4. The molecule has 0 radical (unpaired) electrons. The van der Waals surface area contributed by atoms with Crippen LogP contribution in [0.2, 0.25) is 0 Å². The van der Waals surface area contributed by atoms with Crippen molar-refractivity contribution in [3.05, 3.63) is 60.1 Å². The van der Waals surface area contributed by atoms with Crippen molar-refractivity contribution in [3.63, 3.8) is 0 Å². The van der Waals surface area contributed by atoms with E-state index in [9.17, 15) is 9.59 Å². The van der Waals surface area contributed by atoms with Gasteiger partial charge in [-0.15, -0.1) is 0 Å². The molecule has 2 aliphatic heterocycles. The molecule has 0 spiro atoms. The van der Waals surface area contributed by atoms with Gasteiger partial charge in [-0.2, -0.15) is 0 Å². The van der Waals surface area contributed by atoms with Crippen LogP contribution in [0.1, 0.15) is 43.0 Å². The van der Waals surface area contributed by atoms with Crippen LogP contribution in [0.5, 0.6) is 0 Å². The lowest BCUT2D eigenvalue weighted by Gasteiger charge is -2.37. The Morgan fingerprint density at radius 1 is 1.12 bits per heavy atom. The maximum atomic E-state index is 13.2. The van der Waals surface area contributed by atoms with Gasteiger partial charge in [0.15, 0.2) is 0 Å². The molecule has 3 heterocycles. The summed E-state index contributed by atoms with van der Waals surface area (Å²) in [7, 11) is 0. The molecule has 2 amide bonds. The summed E-state index contributed by atoms with van der Waals surface area (Å²) in [5.74, 6) is 0.662. The molecule has 0 saturated carbocycles. The first-order chi connectivity index (χ1) is 12.7. The fraction of sp³-hybridized carbons (Fsp3) is 0.429. The highest BCUT2D eigenvalue weighted by Gasteiger charge is 2.39. The summed E-state index contributed by atoms with van der Waals surface area (Å²) >= 11 is 0. The van der Waals surface area contributed by atoms with E-state index in [-0.39, 0.29) is 23.8 Å². The Bertz CT molecular complexity index is 757. The third kappa shape index (κ3) is 3.39. The van der Waals surface area contributed by atoms with Crippen LogP contribution in [0.25, 0.3) is 0 Å². The van der Waals surface area contributed by atoms with Crippen LogP contribution in [0.4, 0.5) is 0 Å². The molecule has 0 unspecified atom stereocenters. The Labute approximate surface area is 153 Å². The lowest BCUT2D eigenvalue weighted by Crippen LogP contribution is -2.42. The van der Waals surface area contributed by atoms with E-state index in [2.05, 4.69) is 12.1 Å². The Balaban J connectivity index is 1.46. The molecule has 0 bridgehead atoms. The second-order valence-electron chi connectivity index (χ2n) is 7.21. The second kappa shape index (κ2) is 7.36. The number of carbonyl (C=O) groups excluding carboxylic acids is 2. The minimum absolute atomic E-state index is 0.0352. The van der Waals surface area contributed by atoms with E-state index in [0.29, 0.717) is 19.5 Å². The van der Waals surface area contributed by atoms with Gasteiger partial charge in [-0.1, -0.05) is 30.3 Å². The molecular weight excluding hydrogens is 328 g/mol. The lowest BCUT2D eigenvalue weighted by atomic mass is 9.93. The predicted molar refractivity (Wildman–Crippen MR) is 97.0 cm³/mol. The maximum Gasteiger partial charge on any atom is 0.228 e. The molecule has 136 valence electrons. The third-order valence-electron chi connectivity index (χ3n) is 5.46. The van der Waals surface area contributed by atoms with Crippen LogP contribution in [-0.2, 0) is 16.1 Å². The Kier molecular flexibility index (Phi) is 4.78. The second-order valence-corrected chi connectivity index (χ2v) is 7.21. The molecular formula is C21H24N2O3. The monoisotopic (exact) mass is 352 g/mol. The van der Waals surface area contributed by atoms with Crippen molar-refractivity contribution < 1.29 is 14.0 Å². The van der Waals surface area contributed by atoms with Crippen LogP contribution in [0, 0.1) is 5.92 Å². The molecule has 2 aliphatic rings. The van der Waals surface area contributed by atoms with Gasteiger partial charge in [0.05, 0.1) is 24.8 Å². The smallest absolute Gasteiger partial charge is 0.228 e. The van der Waals surface area contributed by atoms with Gasteiger partial charge in [-0.3, -0.25) is 9.59 Å². The topological polar surface area (TPSA) is 53.8 Å². The average Bonchev–Trinajstić information content (AvgIpc) is 3.32. The van der Waals surface area contributed by atoms with E-state index in [1.54, 1.807) is 11.2 Å². The van der Waals surface area contributed by atoms with Crippen molar-refractivity contribution in [2.45, 2.75) is 38.3 Å². The molecule has 26 heavy (non-hydrogen) atoms. The predicted octanol–water partition coefficient (Wildman–Crippen LogP) is 3.38. The fourth-order valence-corrected chi connectivity index (χ4v) is 4.13. The van der Waals surface area contributed by atoms with Gasteiger partial charge < -0.3 is 14.2 Å². The number of piperidine rings is 1. The van der Waals surface area contributed by atoms with Gasteiger partial charge in [-0.05, 0) is 37.0 Å². The van der Waals surface area contributed by atoms with E-state index >= 15 is 0 Å². The molecule has 1 aromatic heterocycles. The quantitative estimate of drug-likeness (QED) is 0.848. The number of nitrogens with zero attached hydrogens (tertiary/aromatic N) is 2. The minimum atomic E-state index is -0.248. The first-order valence-electron chi connectivity index (χ1n) is 9.38. The summed E-state index contributed by atoms with van der Waals surface area (Å²) in [5, 5.41) is 0. The highest BCUT2D eigenvalue weighted by molar-refractivity contribution is 5.89. The van der Waals surface area contributed by atoms with Crippen molar-refractivity contribution in [2.75, 3.05) is 13.1 Å². The fourth-order valence-electron chi connectivity index (χ4n) is 4.13. The van der Waals surface area contributed by atoms with Gasteiger partial charge in [-0.25, -0.2) is 0 Å². The first-order valence-corrected chi connectivity index (χ1v) is 9.38. The number of furan rings is 1. The van der Waals surface area contributed by atoms with Crippen molar-refractivity contribution in [1.29, 1.82) is 0 Å². The van der Waals surface area contributed by atoms with Gasteiger partial charge >= 0.3 is 0 Å². The van der Waals surface area contributed by atoms with Crippen molar-refractivity contribution >= 4 is 11.8 Å². The molecule has 4 rings (SSSR count).